The molecular weight excluding hydrogens is 494 g/mol. The number of ether oxygens (including phenoxy) is 2. The van der Waals surface area contributed by atoms with Gasteiger partial charge in [-0.1, -0.05) is 6.07 Å². The third-order valence-electron chi connectivity index (χ3n) is 6.64. The third kappa shape index (κ3) is 3.75. The van der Waals surface area contributed by atoms with Gasteiger partial charge in [-0.05, 0) is 23.8 Å². The number of carbonyl (C=O) groups excluding carboxylic acids is 1. The molecule has 37 heavy (non-hydrogen) atoms. The van der Waals surface area contributed by atoms with Gasteiger partial charge in [0, 0.05) is 35.8 Å². The maximum absolute atomic E-state index is 15.4. The number of fused-ring (bicyclic) bond motifs is 4. The molecule has 4 aromatic rings. The molecule has 12 heteroatoms. The number of hydrogen-bond donors (Lipinski definition) is 1. The van der Waals surface area contributed by atoms with Crippen molar-refractivity contribution in [1.82, 2.24) is 14.8 Å². The van der Waals surface area contributed by atoms with Crippen molar-refractivity contribution in [1.29, 1.82) is 0 Å². The minimum atomic E-state index is -4.55. The summed E-state index contributed by atoms with van der Waals surface area (Å²) in [5.41, 5.74) is 7.31. The molecule has 1 amide bonds. The van der Waals surface area contributed by atoms with Gasteiger partial charge in [0.25, 0.3) is 5.91 Å². The second-order valence-corrected chi connectivity index (χ2v) is 8.92. The second-order valence-electron chi connectivity index (χ2n) is 8.92. The first-order valence-electron chi connectivity index (χ1n) is 11.3. The van der Waals surface area contributed by atoms with E-state index in [1.165, 1.54) is 27.9 Å². The lowest BCUT2D eigenvalue weighted by atomic mass is 10.00. The molecule has 2 aromatic carbocycles. The zero-order chi connectivity index (χ0) is 26.1. The summed E-state index contributed by atoms with van der Waals surface area (Å²) in [6, 6.07) is 4.86. The van der Waals surface area contributed by atoms with Gasteiger partial charge in [-0.25, -0.2) is 9.37 Å². The van der Waals surface area contributed by atoms with Crippen LogP contribution in [0.25, 0.3) is 10.9 Å². The van der Waals surface area contributed by atoms with Gasteiger partial charge in [0.05, 0.1) is 47.8 Å². The normalized spacial score (nSPS) is 16.5. The Balaban J connectivity index is 1.47. The van der Waals surface area contributed by atoms with Crippen LogP contribution in [-0.2, 0) is 31.2 Å². The molecule has 6 rings (SSSR count). The van der Waals surface area contributed by atoms with E-state index >= 15 is 4.39 Å². The number of halogens is 4. The van der Waals surface area contributed by atoms with Gasteiger partial charge in [-0.15, -0.1) is 0 Å². The average molecular weight is 513 g/mol. The molecule has 0 saturated heterocycles. The molecule has 0 aliphatic carbocycles. The molecule has 2 N–H and O–H groups in total. The Kier molecular flexibility index (Phi) is 5.13. The van der Waals surface area contributed by atoms with E-state index in [1.807, 2.05) is 0 Å². The third-order valence-corrected chi connectivity index (χ3v) is 6.64. The van der Waals surface area contributed by atoms with Crippen LogP contribution in [0.4, 0.5) is 29.1 Å². The average Bonchev–Trinajstić information content (AvgIpc) is 3.59. The molecule has 2 aromatic heterocycles. The number of nitrogens with zero attached hydrogens (tertiary/aromatic N) is 4. The van der Waals surface area contributed by atoms with Crippen LogP contribution < -0.4 is 15.4 Å². The predicted molar refractivity (Wildman–Crippen MR) is 124 cm³/mol. The van der Waals surface area contributed by atoms with Gasteiger partial charge >= 0.3 is 6.18 Å². The van der Waals surface area contributed by atoms with E-state index in [0.717, 1.165) is 23.8 Å². The van der Waals surface area contributed by atoms with Crippen molar-refractivity contribution in [2.75, 3.05) is 17.2 Å². The quantitative estimate of drug-likeness (QED) is 0.405. The summed E-state index contributed by atoms with van der Waals surface area (Å²) in [6.07, 6.45) is -1.57. The number of pyridine rings is 1. The number of benzene rings is 2. The van der Waals surface area contributed by atoms with E-state index in [4.69, 9.17) is 15.2 Å². The molecule has 2 aliphatic rings. The summed E-state index contributed by atoms with van der Waals surface area (Å²) in [6.45, 7) is 0.395. The Labute approximate surface area is 207 Å². The minimum Gasteiger partial charge on any atom is -0.491 e. The van der Waals surface area contributed by atoms with Gasteiger partial charge in [0.15, 0.2) is 0 Å². The fraction of sp³-hybridized carbons (Fsp3) is 0.240. The number of aromatic nitrogens is 3. The molecule has 2 aliphatic heterocycles. The van der Waals surface area contributed by atoms with Crippen LogP contribution in [0.3, 0.4) is 0 Å². The zero-order valence-corrected chi connectivity index (χ0v) is 19.3. The van der Waals surface area contributed by atoms with Gasteiger partial charge in [-0.3, -0.25) is 14.4 Å². The molecule has 0 saturated carbocycles. The monoisotopic (exact) mass is 513 g/mol. The Morgan fingerprint density at radius 2 is 1.97 bits per heavy atom. The number of nitrogen functional groups attached to an aromatic ring is 1. The molecular formula is C25H19F4N5O3. The van der Waals surface area contributed by atoms with Crippen molar-refractivity contribution in [3.63, 3.8) is 0 Å². The first-order chi connectivity index (χ1) is 17.6. The maximum atomic E-state index is 15.4. The second kappa shape index (κ2) is 8.17. The van der Waals surface area contributed by atoms with Crippen molar-refractivity contribution >= 4 is 28.3 Å². The molecule has 1 atom stereocenters. The lowest BCUT2D eigenvalue weighted by Gasteiger charge is -2.27. The Morgan fingerprint density at radius 3 is 2.70 bits per heavy atom. The Morgan fingerprint density at radius 1 is 1.19 bits per heavy atom. The predicted octanol–water partition coefficient (Wildman–Crippen LogP) is 4.52. The number of alkyl halides is 3. The van der Waals surface area contributed by atoms with Crippen molar-refractivity contribution in [2.24, 2.45) is 7.05 Å². The molecule has 0 spiro atoms. The molecule has 0 radical (unpaired) electrons. The van der Waals surface area contributed by atoms with Crippen LogP contribution in [0.15, 0.2) is 42.7 Å². The van der Waals surface area contributed by atoms with Crippen LogP contribution in [0.5, 0.6) is 5.75 Å². The summed E-state index contributed by atoms with van der Waals surface area (Å²) in [5.74, 6) is -1.27. The van der Waals surface area contributed by atoms with E-state index in [-0.39, 0.29) is 42.5 Å². The smallest absolute Gasteiger partial charge is 0.416 e. The van der Waals surface area contributed by atoms with Crippen molar-refractivity contribution in [2.45, 2.75) is 25.4 Å². The van der Waals surface area contributed by atoms with Crippen molar-refractivity contribution < 1.29 is 31.8 Å². The summed E-state index contributed by atoms with van der Waals surface area (Å²) in [4.78, 5) is 19.5. The summed E-state index contributed by atoms with van der Waals surface area (Å²) < 4.78 is 67.6. The molecule has 190 valence electrons. The largest absolute Gasteiger partial charge is 0.491 e. The highest BCUT2D eigenvalue weighted by Gasteiger charge is 2.39. The van der Waals surface area contributed by atoms with Crippen LogP contribution in [-0.4, -0.2) is 27.3 Å². The highest BCUT2D eigenvalue weighted by atomic mass is 19.4. The van der Waals surface area contributed by atoms with E-state index in [9.17, 15) is 18.0 Å². The topological polar surface area (TPSA) is 95.5 Å². The summed E-state index contributed by atoms with van der Waals surface area (Å²) >= 11 is 0. The Bertz CT molecular complexity index is 1580. The highest BCUT2D eigenvalue weighted by molar-refractivity contribution is 6.09. The SMILES string of the molecule is Cn1cc(N(C(=O)c2cc3c4c(c(N)nc3cc2F)COC4)[C@@H]2COc3cc(C(F)(F)F)ccc32)cn1. The first-order valence-corrected chi connectivity index (χ1v) is 11.3. The number of anilines is 2. The van der Waals surface area contributed by atoms with Crippen LogP contribution in [0.2, 0.25) is 0 Å². The standard InChI is InChI=1S/C25H19F4N5O3/c1-33-8-13(7-31-33)34(21-11-37-22-4-12(25(27,28)29)2-3-14(21)22)24(35)16-5-15-17-9-36-10-18(17)23(30)32-20(15)6-19(16)26/h2-8,21H,9-11H2,1H3,(H2,30,32)/t21-/m1/s1. The van der Waals surface area contributed by atoms with Gasteiger partial charge < -0.3 is 15.2 Å². The summed E-state index contributed by atoms with van der Waals surface area (Å²) in [7, 11) is 1.65. The van der Waals surface area contributed by atoms with Crippen LogP contribution in [0.1, 0.15) is 38.7 Å². The molecule has 0 bridgehead atoms. The number of nitrogens with two attached hydrogens (primary N) is 1. The van der Waals surface area contributed by atoms with Gasteiger partial charge in [-0.2, -0.15) is 18.3 Å². The van der Waals surface area contributed by atoms with Gasteiger partial charge in [0.2, 0.25) is 0 Å². The van der Waals surface area contributed by atoms with Gasteiger partial charge in [0.1, 0.15) is 24.0 Å². The van der Waals surface area contributed by atoms with E-state index in [0.29, 0.717) is 22.2 Å². The minimum absolute atomic E-state index is 0.00939. The van der Waals surface area contributed by atoms with Crippen molar-refractivity contribution in [3.8, 4) is 5.75 Å². The summed E-state index contributed by atoms with van der Waals surface area (Å²) in [5, 5.41) is 4.65. The number of rotatable bonds is 3. The fourth-order valence-electron chi connectivity index (χ4n) is 4.84. The van der Waals surface area contributed by atoms with Crippen molar-refractivity contribution in [3.05, 3.63) is 76.4 Å². The molecule has 4 heterocycles. The highest BCUT2D eigenvalue weighted by Crippen LogP contribution is 2.43. The number of hydrogen-bond acceptors (Lipinski definition) is 6. The zero-order valence-electron chi connectivity index (χ0n) is 19.3. The lowest BCUT2D eigenvalue weighted by Crippen LogP contribution is -2.36. The first kappa shape index (κ1) is 23.2. The van der Waals surface area contributed by atoms with Crippen LogP contribution >= 0.6 is 0 Å². The molecule has 0 unspecified atom stereocenters. The lowest BCUT2D eigenvalue weighted by molar-refractivity contribution is -0.137. The number of carbonyl (C=O) groups is 1. The number of amides is 1. The number of aryl methyl sites for hydroxylation is 1. The van der Waals surface area contributed by atoms with Crippen LogP contribution in [0, 0.1) is 5.82 Å². The molecule has 0 fully saturated rings. The Hall–Kier alpha value is -4.19. The fourth-order valence-corrected chi connectivity index (χ4v) is 4.84. The maximum Gasteiger partial charge on any atom is 0.416 e. The molecule has 8 nitrogen and oxygen atoms in total. The van der Waals surface area contributed by atoms with E-state index in [2.05, 4.69) is 10.1 Å². The van der Waals surface area contributed by atoms with E-state index in [1.54, 1.807) is 13.2 Å². The van der Waals surface area contributed by atoms with E-state index < -0.39 is 29.5 Å².